The Labute approximate surface area is 298 Å². The molecule has 4 rings (SSSR count). The van der Waals surface area contributed by atoms with Crippen LogP contribution in [0.5, 0.6) is 0 Å². The highest BCUT2D eigenvalue weighted by molar-refractivity contribution is 4.96. The molecule has 0 aromatic carbocycles. The van der Waals surface area contributed by atoms with E-state index in [1.54, 1.807) is 0 Å². The van der Waals surface area contributed by atoms with Gasteiger partial charge in [-0.05, 0) is 12.8 Å². The lowest BCUT2D eigenvalue weighted by atomic mass is 9.97. The van der Waals surface area contributed by atoms with Gasteiger partial charge in [-0.1, -0.05) is 0 Å². The second-order valence-electron chi connectivity index (χ2n) is 12.9. The normalized spacial score (nSPS) is 47.4. The van der Waals surface area contributed by atoms with Crippen molar-refractivity contribution in [1.29, 1.82) is 0 Å². The zero-order valence-corrected chi connectivity index (χ0v) is 28.7. The minimum Gasteiger partial charge on any atom is -0.394 e. The smallest absolute Gasteiger partial charge is 0.187 e. The fraction of sp³-hybridized carbons (Fsp3) is 1.00. The van der Waals surface area contributed by atoms with Gasteiger partial charge in [0.25, 0.3) is 0 Å². The highest BCUT2D eigenvalue weighted by Gasteiger charge is 2.53. The number of hydrogen-bond acceptors (Lipinski definition) is 22. The summed E-state index contributed by atoms with van der Waals surface area (Å²) < 4.78 is 55.8. The van der Waals surface area contributed by atoms with Crippen molar-refractivity contribution in [2.45, 2.75) is 136 Å². The zero-order valence-electron chi connectivity index (χ0n) is 28.7. The van der Waals surface area contributed by atoms with Crippen molar-refractivity contribution < 1.29 is 109 Å². The average Bonchev–Trinajstić information content (AvgIpc) is 3.15. The molecule has 12 N–H and O–H groups in total. The van der Waals surface area contributed by atoms with Crippen molar-refractivity contribution in [3.8, 4) is 0 Å². The van der Waals surface area contributed by atoms with Crippen LogP contribution in [0, 0.1) is 0 Å². The van der Waals surface area contributed by atoms with E-state index in [2.05, 4.69) is 0 Å². The molecule has 4 saturated heterocycles. The summed E-state index contributed by atoms with van der Waals surface area (Å²) in [7, 11) is 2.46. The fourth-order valence-electron chi connectivity index (χ4n) is 6.42. The molecule has 0 amide bonds. The van der Waals surface area contributed by atoms with Gasteiger partial charge in [0, 0.05) is 27.4 Å². The maximum atomic E-state index is 10.9. The van der Waals surface area contributed by atoms with Crippen LogP contribution < -0.4 is 0 Å². The molecule has 4 aliphatic heterocycles. The van der Waals surface area contributed by atoms with E-state index in [4.69, 9.17) is 47.4 Å². The lowest BCUT2D eigenvalue weighted by molar-refractivity contribution is -0.369. The summed E-state index contributed by atoms with van der Waals surface area (Å²) in [5.74, 6) is 0. The number of hydrogen-bond donors (Lipinski definition) is 12. The first kappa shape index (κ1) is 43.8. The Hall–Kier alpha value is -0.880. The van der Waals surface area contributed by atoms with Gasteiger partial charge in [0.1, 0.15) is 97.7 Å². The molecule has 4 heterocycles. The third-order valence-electron chi connectivity index (χ3n) is 9.50. The van der Waals surface area contributed by atoms with Gasteiger partial charge in [0.15, 0.2) is 25.2 Å². The SMILES string of the molecule is CO[C@H]1O[C@H](CO)[C@@H](O)[C@H](O)[C@@H]1O[C@@H]1O[C@H](CO)[C@@H](O)[C@H](O)[C@H]1OCCCCO[C@H]1[C@H](O[C@@H]2[C@@H](OC)O[C@H](CO)[C@@H](O)[C@@H]2O)O[C@H](CO)[C@@H](O)[C@@H]1O. The van der Waals surface area contributed by atoms with Gasteiger partial charge in [-0.25, -0.2) is 0 Å². The van der Waals surface area contributed by atoms with E-state index in [0.717, 1.165) is 0 Å². The van der Waals surface area contributed by atoms with Crippen molar-refractivity contribution in [3.63, 3.8) is 0 Å². The van der Waals surface area contributed by atoms with E-state index >= 15 is 0 Å². The van der Waals surface area contributed by atoms with E-state index in [0.29, 0.717) is 0 Å². The molecule has 52 heavy (non-hydrogen) atoms. The number of rotatable bonds is 17. The van der Waals surface area contributed by atoms with Gasteiger partial charge in [0.2, 0.25) is 0 Å². The molecule has 22 nitrogen and oxygen atoms in total. The average molecular weight is 767 g/mol. The monoisotopic (exact) mass is 766 g/mol. The van der Waals surface area contributed by atoms with Gasteiger partial charge >= 0.3 is 0 Å². The topological polar surface area (TPSA) is 335 Å². The number of ether oxygens (including phenoxy) is 10. The van der Waals surface area contributed by atoms with E-state index < -0.39 is 149 Å². The van der Waals surface area contributed by atoms with Crippen LogP contribution >= 0.6 is 0 Å². The molecule has 0 spiro atoms. The third-order valence-corrected chi connectivity index (χ3v) is 9.50. The molecule has 4 fully saturated rings. The first-order chi connectivity index (χ1) is 24.9. The van der Waals surface area contributed by atoms with Crippen molar-refractivity contribution in [3.05, 3.63) is 0 Å². The minimum absolute atomic E-state index is 0.110. The Morgan fingerprint density at radius 2 is 0.654 bits per heavy atom. The maximum absolute atomic E-state index is 10.9. The standard InChI is InChI=1S/C30H54O22/c1-43-27-25(21(41)17(37)11(7-31)47-27)51-29-23(19(39)15(35)13(9-33)49-29)45-5-3-4-6-46-24-20(40)16(36)14(10-34)50-30(24)52-26-22(42)18(38)12(8-32)48-28(26)44-2/h11-42H,3-10H2,1-2H3/t11-,12-,13-,14-,15-,16-,17-,18-,19+,20+,21+,22+,23-,24-,25+,26+,27+,28+,29+,30+/m1/s1. The molecule has 20 atom stereocenters. The summed E-state index contributed by atoms with van der Waals surface area (Å²) in [6.07, 6.45) is -28.9. The Kier molecular flexibility index (Phi) is 17.1. The Bertz CT molecular complexity index is 950. The molecule has 306 valence electrons. The molecular formula is C30H54O22. The van der Waals surface area contributed by atoms with Gasteiger partial charge in [0.05, 0.1) is 26.4 Å². The number of aliphatic hydroxyl groups excluding tert-OH is 12. The summed E-state index contributed by atoms with van der Waals surface area (Å²) in [6.45, 7) is -2.92. The van der Waals surface area contributed by atoms with Crippen molar-refractivity contribution in [1.82, 2.24) is 0 Å². The predicted molar refractivity (Wildman–Crippen MR) is 164 cm³/mol. The second-order valence-corrected chi connectivity index (χ2v) is 12.9. The summed E-state index contributed by atoms with van der Waals surface area (Å²) in [5, 5.41) is 123. The molecule has 0 aliphatic carbocycles. The van der Waals surface area contributed by atoms with Crippen LogP contribution in [0.15, 0.2) is 0 Å². The van der Waals surface area contributed by atoms with E-state index in [1.165, 1.54) is 14.2 Å². The second kappa shape index (κ2) is 20.3. The Balaban J connectivity index is 1.36. The van der Waals surface area contributed by atoms with E-state index in [1.807, 2.05) is 0 Å². The Morgan fingerprint density at radius 1 is 0.385 bits per heavy atom. The van der Waals surface area contributed by atoms with Gasteiger partial charge in [-0.3, -0.25) is 0 Å². The number of methoxy groups -OCH3 is 2. The fourth-order valence-corrected chi connectivity index (χ4v) is 6.42. The quantitative estimate of drug-likeness (QED) is 0.0612. The molecule has 0 radical (unpaired) electrons. The summed E-state index contributed by atoms with van der Waals surface area (Å²) in [4.78, 5) is 0. The lowest BCUT2D eigenvalue weighted by Crippen LogP contribution is -2.65. The van der Waals surface area contributed by atoms with Gasteiger partial charge in [-0.15, -0.1) is 0 Å². The van der Waals surface area contributed by atoms with Crippen LogP contribution in [0.3, 0.4) is 0 Å². The minimum atomic E-state index is -1.65. The Morgan fingerprint density at radius 3 is 0.923 bits per heavy atom. The van der Waals surface area contributed by atoms with Crippen LogP contribution in [0.2, 0.25) is 0 Å². The zero-order chi connectivity index (χ0) is 38.3. The molecule has 0 aromatic heterocycles. The third kappa shape index (κ3) is 9.73. The van der Waals surface area contributed by atoms with Crippen molar-refractivity contribution in [2.24, 2.45) is 0 Å². The van der Waals surface area contributed by atoms with Crippen LogP contribution in [0.1, 0.15) is 12.8 Å². The number of unbranched alkanes of at least 4 members (excludes halogenated alkanes) is 1. The van der Waals surface area contributed by atoms with Crippen LogP contribution in [-0.4, -0.2) is 238 Å². The highest BCUT2D eigenvalue weighted by atomic mass is 16.8. The van der Waals surface area contributed by atoms with Gasteiger partial charge < -0.3 is 109 Å². The molecule has 0 aromatic rings. The lowest BCUT2D eigenvalue weighted by Gasteiger charge is -2.46. The molecule has 0 saturated carbocycles. The predicted octanol–water partition coefficient (Wildman–Crippen LogP) is -7.64. The number of aliphatic hydroxyl groups is 12. The molecule has 0 unspecified atom stereocenters. The summed E-state index contributed by atoms with van der Waals surface area (Å²) >= 11 is 0. The molecule has 22 heteroatoms. The van der Waals surface area contributed by atoms with Crippen molar-refractivity contribution >= 4 is 0 Å². The highest BCUT2D eigenvalue weighted by Crippen LogP contribution is 2.32. The summed E-state index contributed by atoms with van der Waals surface area (Å²) in [6, 6.07) is 0. The van der Waals surface area contributed by atoms with Gasteiger partial charge in [-0.2, -0.15) is 0 Å². The maximum Gasteiger partial charge on any atom is 0.187 e. The van der Waals surface area contributed by atoms with Crippen LogP contribution in [-0.2, 0) is 47.4 Å². The molecule has 0 bridgehead atoms. The van der Waals surface area contributed by atoms with E-state index in [-0.39, 0.29) is 26.1 Å². The molecule has 4 aliphatic rings. The first-order valence-electron chi connectivity index (χ1n) is 17.0. The molecular weight excluding hydrogens is 712 g/mol. The van der Waals surface area contributed by atoms with Crippen LogP contribution in [0.4, 0.5) is 0 Å². The largest absolute Gasteiger partial charge is 0.394 e. The first-order valence-corrected chi connectivity index (χ1v) is 17.0. The summed E-state index contributed by atoms with van der Waals surface area (Å²) in [5.41, 5.74) is 0. The van der Waals surface area contributed by atoms with Crippen LogP contribution in [0.25, 0.3) is 0 Å². The van der Waals surface area contributed by atoms with Crippen molar-refractivity contribution in [2.75, 3.05) is 53.9 Å². The van der Waals surface area contributed by atoms with E-state index in [9.17, 15) is 61.3 Å².